The molecule has 24 unspecified atom stereocenters. The Kier molecular flexibility index (Phi) is 12.1. The zero-order valence-corrected chi connectivity index (χ0v) is 45.1. The minimum atomic E-state index is 0.404. The molecule has 8 heteroatoms. The van der Waals surface area contributed by atoms with Gasteiger partial charge in [0.1, 0.15) is 0 Å². The molecular formula is C64H104N8. The molecule has 72 heavy (non-hydrogen) atoms. The van der Waals surface area contributed by atoms with Crippen molar-refractivity contribution in [2.45, 2.75) is 255 Å². The molecule has 0 spiro atoms. The lowest BCUT2D eigenvalue weighted by Crippen LogP contribution is -2.61. The highest BCUT2D eigenvalue weighted by atomic mass is 15.4. The van der Waals surface area contributed by atoms with Gasteiger partial charge >= 0.3 is 0 Å². The van der Waals surface area contributed by atoms with Crippen molar-refractivity contribution in [3.63, 3.8) is 0 Å². The van der Waals surface area contributed by atoms with Gasteiger partial charge in [-0.2, -0.15) is 0 Å². The third-order valence-electron chi connectivity index (χ3n) is 28.9. The van der Waals surface area contributed by atoms with Crippen LogP contribution in [0.3, 0.4) is 0 Å². The molecule has 17 fully saturated rings. The lowest BCUT2D eigenvalue weighted by atomic mass is 9.56. The molecule has 0 radical (unpaired) electrons. The summed E-state index contributed by atoms with van der Waals surface area (Å²) < 4.78 is 0. The van der Waals surface area contributed by atoms with E-state index in [1.165, 1.54) is 154 Å². The lowest BCUT2D eigenvalue weighted by molar-refractivity contribution is -0.00461. The average Bonchev–Trinajstić information content (AvgIpc) is 4.12. The van der Waals surface area contributed by atoms with E-state index in [1.54, 1.807) is 51.4 Å². The second-order valence-electron chi connectivity index (χ2n) is 31.5. The van der Waals surface area contributed by atoms with Crippen LogP contribution in [0.15, 0.2) is 0 Å². The summed E-state index contributed by atoms with van der Waals surface area (Å²) >= 11 is 0. The van der Waals surface area contributed by atoms with Gasteiger partial charge in [0, 0.05) is 0 Å². The van der Waals surface area contributed by atoms with Crippen LogP contribution in [-0.4, -0.2) is 49.3 Å². The number of hydrogen-bond acceptors (Lipinski definition) is 8. The van der Waals surface area contributed by atoms with Gasteiger partial charge in [-0.25, -0.2) is 0 Å². The Bertz CT molecular complexity index is 1560. The standard InChI is InChI=1S/C64H104N8/c1-2-10-34-18-42-26-50-49(25-41(42)17-33(34)9-1)57-65-58(50)70-60-53-29-45-21-37-13-5-6-14-38(37)22-46(45)30-54(53)62(67-60)72-64-56-32-48-24-40-16-8-7-15-39(40)23-47(48)31-55(56)63(68-64)71-61-52-28-44-20-36-12-4-3-11-35(36)19-43(44)27-51(52)59(66-61)69-57/h33-72H,1-32H2. The molecule has 8 N–H and O–H groups in total. The summed E-state index contributed by atoms with van der Waals surface area (Å²) in [4.78, 5) is 0. The summed E-state index contributed by atoms with van der Waals surface area (Å²) in [5, 5.41) is 37.1. The molecule has 8 bridgehead atoms. The summed E-state index contributed by atoms with van der Waals surface area (Å²) in [6.45, 7) is 0. The van der Waals surface area contributed by atoms with Crippen LogP contribution in [0.5, 0.6) is 0 Å². The van der Waals surface area contributed by atoms with E-state index in [-0.39, 0.29) is 0 Å². The second kappa shape index (κ2) is 18.6. The first-order valence-electron chi connectivity index (χ1n) is 33.6. The van der Waals surface area contributed by atoms with Crippen LogP contribution in [0, 0.1) is 142 Å². The van der Waals surface area contributed by atoms with Crippen molar-refractivity contribution in [3.8, 4) is 0 Å². The van der Waals surface area contributed by atoms with E-state index < -0.39 is 0 Å². The van der Waals surface area contributed by atoms with Gasteiger partial charge in [-0.15, -0.1) is 0 Å². The SMILES string of the molecule is C1CCC2CC3CC4C5NC(NC6NC(NC7NC(NC8NC(N5)C5CC9CC%10CCCCC%10CC9CC85)C5CC8CC9CCCCC9CC8CC75)C5CC7CC8CCCCC8CC7CC65)C4CC3CC2C1. The van der Waals surface area contributed by atoms with Crippen molar-refractivity contribution in [2.75, 3.05) is 0 Å². The van der Waals surface area contributed by atoms with Gasteiger partial charge < -0.3 is 0 Å². The Morgan fingerprint density at radius 1 is 0.139 bits per heavy atom. The fourth-order valence-electron chi connectivity index (χ4n) is 25.8. The van der Waals surface area contributed by atoms with E-state index in [0.717, 1.165) is 142 Å². The van der Waals surface area contributed by atoms with Crippen molar-refractivity contribution in [2.24, 2.45) is 142 Å². The molecule has 0 aromatic heterocycles. The van der Waals surface area contributed by atoms with Gasteiger partial charge in [-0.05, 0) is 245 Å². The lowest BCUT2D eigenvalue weighted by Gasteiger charge is -2.51. The van der Waals surface area contributed by atoms with Gasteiger partial charge in [0.15, 0.2) is 0 Å². The predicted octanol–water partition coefficient (Wildman–Crippen LogP) is 10.8. The van der Waals surface area contributed by atoms with E-state index >= 15 is 0 Å². The molecule has 17 aliphatic rings. The van der Waals surface area contributed by atoms with Gasteiger partial charge in [-0.3, -0.25) is 42.5 Å². The van der Waals surface area contributed by atoms with E-state index in [1.807, 2.05) is 0 Å². The minimum Gasteiger partial charge on any atom is -0.286 e. The van der Waals surface area contributed by atoms with Crippen molar-refractivity contribution < 1.29 is 0 Å². The van der Waals surface area contributed by atoms with Crippen LogP contribution < -0.4 is 42.5 Å². The fraction of sp³-hybridized carbons (Fsp3) is 1.00. The van der Waals surface area contributed by atoms with Crippen molar-refractivity contribution in [1.29, 1.82) is 0 Å². The zero-order chi connectivity index (χ0) is 46.8. The van der Waals surface area contributed by atoms with Crippen molar-refractivity contribution in [1.82, 2.24) is 42.5 Å². The molecule has 0 amide bonds. The van der Waals surface area contributed by atoms with E-state index in [2.05, 4.69) is 21.3 Å². The van der Waals surface area contributed by atoms with Gasteiger partial charge in [0.05, 0.1) is 49.3 Å². The average molecular weight is 986 g/mol. The van der Waals surface area contributed by atoms with Crippen molar-refractivity contribution >= 4 is 0 Å². The molecule has 12 saturated carbocycles. The molecule has 12 aliphatic carbocycles. The maximum atomic E-state index is 4.69. The first-order chi connectivity index (χ1) is 35.5. The Morgan fingerprint density at radius 3 is 0.389 bits per heavy atom. The maximum Gasteiger partial charge on any atom is 0.0628 e. The molecule has 0 aromatic rings. The summed E-state index contributed by atoms with van der Waals surface area (Å²) in [6, 6.07) is 0. The molecule has 17 rings (SSSR count). The number of fused-ring (bicyclic) bond motifs is 28. The quantitative estimate of drug-likeness (QED) is 0.122. The third kappa shape index (κ3) is 7.92. The molecule has 5 saturated heterocycles. The van der Waals surface area contributed by atoms with Crippen LogP contribution in [-0.2, 0) is 0 Å². The molecule has 8 nitrogen and oxygen atoms in total. The highest BCUT2D eigenvalue weighted by molar-refractivity contribution is 5.13. The summed E-state index contributed by atoms with van der Waals surface area (Å²) in [5.74, 6) is 21.7. The van der Waals surface area contributed by atoms with E-state index in [9.17, 15) is 0 Å². The Labute approximate surface area is 437 Å². The Balaban J connectivity index is 0.718. The van der Waals surface area contributed by atoms with Gasteiger partial charge in [0.25, 0.3) is 0 Å². The predicted molar refractivity (Wildman–Crippen MR) is 287 cm³/mol. The second-order valence-corrected chi connectivity index (χ2v) is 31.5. The smallest absolute Gasteiger partial charge is 0.0628 e. The highest BCUT2D eigenvalue weighted by Gasteiger charge is 2.61. The van der Waals surface area contributed by atoms with Gasteiger partial charge in [-0.1, -0.05) is 103 Å². The zero-order valence-electron chi connectivity index (χ0n) is 45.1. The van der Waals surface area contributed by atoms with Gasteiger partial charge in [0.2, 0.25) is 0 Å². The summed E-state index contributed by atoms with van der Waals surface area (Å²) in [5.41, 5.74) is 0. The first-order valence-corrected chi connectivity index (χ1v) is 33.6. The minimum absolute atomic E-state index is 0.404. The summed E-state index contributed by atoms with van der Waals surface area (Å²) in [6.07, 6.45) is 51.8. The molecule has 400 valence electrons. The topological polar surface area (TPSA) is 96.2 Å². The normalized spacial score (nSPS) is 61.3. The Morgan fingerprint density at radius 2 is 0.264 bits per heavy atom. The highest BCUT2D eigenvalue weighted by Crippen LogP contribution is 2.60. The molecule has 0 aromatic carbocycles. The number of rotatable bonds is 0. The van der Waals surface area contributed by atoms with Crippen LogP contribution in [0.4, 0.5) is 0 Å². The number of nitrogens with one attached hydrogen (secondary N) is 8. The van der Waals surface area contributed by atoms with Crippen LogP contribution >= 0.6 is 0 Å². The first kappa shape index (κ1) is 46.6. The van der Waals surface area contributed by atoms with Crippen LogP contribution in [0.1, 0.15) is 205 Å². The molecule has 24 atom stereocenters. The van der Waals surface area contributed by atoms with E-state index in [0.29, 0.717) is 49.3 Å². The monoisotopic (exact) mass is 985 g/mol. The summed E-state index contributed by atoms with van der Waals surface area (Å²) in [7, 11) is 0. The number of hydrogen-bond donors (Lipinski definition) is 8. The fourth-order valence-corrected chi connectivity index (χ4v) is 25.8. The molecule has 5 aliphatic heterocycles. The van der Waals surface area contributed by atoms with Crippen molar-refractivity contribution in [3.05, 3.63) is 0 Å². The third-order valence-corrected chi connectivity index (χ3v) is 28.9. The Hall–Kier alpha value is -0.320. The van der Waals surface area contributed by atoms with Crippen LogP contribution in [0.25, 0.3) is 0 Å². The maximum absolute atomic E-state index is 4.69. The molecule has 5 heterocycles. The largest absolute Gasteiger partial charge is 0.286 e. The van der Waals surface area contributed by atoms with Crippen LogP contribution in [0.2, 0.25) is 0 Å². The van der Waals surface area contributed by atoms with E-state index in [4.69, 9.17) is 21.3 Å². The molecular weight excluding hydrogens is 881 g/mol.